The highest BCUT2D eigenvalue weighted by Gasteiger charge is 2.52. The van der Waals surface area contributed by atoms with Gasteiger partial charge in [-0.3, -0.25) is 9.59 Å². The van der Waals surface area contributed by atoms with Crippen molar-refractivity contribution in [2.45, 2.75) is 123 Å². The van der Waals surface area contributed by atoms with Crippen molar-refractivity contribution >= 4 is 48.4 Å². The van der Waals surface area contributed by atoms with Crippen molar-refractivity contribution in [1.29, 1.82) is 0 Å². The van der Waals surface area contributed by atoms with Gasteiger partial charge in [-0.25, -0.2) is 8.78 Å². The van der Waals surface area contributed by atoms with E-state index in [0.29, 0.717) is 23.8 Å². The number of carbonyl (C=O) groups is 2. The van der Waals surface area contributed by atoms with Crippen LogP contribution in [0.1, 0.15) is 100 Å². The van der Waals surface area contributed by atoms with Crippen molar-refractivity contribution in [3.63, 3.8) is 0 Å². The highest BCUT2D eigenvalue weighted by atomic mass is 19.1. The number of benzene rings is 2. The van der Waals surface area contributed by atoms with Crippen LogP contribution in [0.4, 0.5) is 20.2 Å². The molecule has 2 aliphatic heterocycles. The number of unbranched alkanes of at least 4 members (excludes halogenated alkanes) is 4. The first-order valence-corrected chi connectivity index (χ1v) is 15.8. The van der Waals surface area contributed by atoms with E-state index in [1.165, 1.54) is 12.1 Å². The quantitative estimate of drug-likeness (QED) is 0.226. The molecule has 8 nitrogen and oxygen atoms in total. The van der Waals surface area contributed by atoms with Gasteiger partial charge in [0.05, 0.1) is 33.8 Å². The molecule has 4 rings (SSSR count). The van der Waals surface area contributed by atoms with E-state index in [0.717, 1.165) is 19.3 Å². The van der Waals surface area contributed by atoms with Crippen molar-refractivity contribution in [1.82, 2.24) is 0 Å². The second kappa shape index (κ2) is 13.5. The Morgan fingerprint density at radius 1 is 0.578 bits per heavy atom. The second-order valence-corrected chi connectivity index (χ2v) is 14.0. The van der Waals surface area contributed by atoms with Crippen molar-refractivity contribution in [2.24, 2.45) is 0 Å². The SMILES string of the molecule is CC1(C)OB(c2ccc(F)c(NC(=O)CCCCCCCC(=O)Nc3cc(B4OC(C)(C)C(C)(C)O4)ccc3F)c2)OC1(C)C. The van der Waals surface area contributed by atoms with Gasteiger partial charge in [0, 0.05) is 12.8 Å². The number of hydrogen-bond donors (Lipinski definition) is 2. The summed E-state index contributed by atoms with van der Waals surface area (Å²) in [4.78, 5) is 25.0. The zero-order chi connectivity index (χ0) is 33.2. The normalized spacial score (nSPS) is 19.5. The van der Waals surface area contributed by atoms with Crippen LogP contribution in [-0.2, 0) is 28.2 Å². The van der Waals surface area contributed by atoms with Crippen LogP contribution in [0.3, 0.4) is 0 Å². The Morgan fingerprint density at radius 3 is 1.22 bits per heavy atom. The summed E-state index contributed by atoms with van der Waals surface area (Å²) in [5, 5.41) is 5.33. The molecular formula is C33H46B2F2N2O6. The Labute approximate surface area is 266 Å². The number of carbonyl (C=O) groups excluding carboxylic acids is 2. The topological polar surface area (TPSA) is 95.1 Å². The Bertz CT molecular complexity index is 1270. The van der Waals surface area contributed by atoms with Crippen LogP contribution in [0.25, 0.3) is 0 Å². The number of hydrogen-bond acceptors (Lipinski definition) is 6. The van der Waals surface area contributed by atoms with Gasteiger partial charge < -0.3 is 29.3 Å². The third kappa shape index (κ3) is 8.33. The molecule has 2 aromatic rings. The van der Waals surface area contributed by atoms with Crippen LogP contribution in [0, 0.1) is 11.6 Å². The van der Waals surface area contributed by atoms with E-state index in [1.54, 1.807) is 24.3 Å². The van der Waals surface area contributed by atoms with Crippen LogP contribution in [0.15, 0.2) is 36.4 Å². The maximum atomic E-state index is 14.5. The summed E-state index contributed by atoms with van der Waals surface area (Å²) in [5.74, 6) is -1.60. The lowest BCUT2D eigenvalue weighted by molar-refractivity contribution is -0.117. The van der Waals surface area contributed by atoms with E-state index in [-0.39, 0.29) is 36.0 Å². The summed E-state index contributed by atoms with van der Waals surface area (Å²) in [6, 6.07) is 8.92. The molecule has 2 fully saturated rings. The predicted molar refractivity (Wildman–Crippen MR) is 174 cm³/mol. The van der Waals surface area contributed by atoms with Crippen LogP contribution in [-0.4, -0.2) is 48.5 Å². The maximum absolute atomic E-state index is 14.5. The number of anilines is 2. The smallest absolute Gasteiger partial charge is 0.399 e. The van der Waals surface area contributed by atoms with E-state index in [9.17, 15) is 18.4 Å². The van der Waals surface area contributed by atoms with E-state index in [2.05, 4.69) is 10.6 Å². The standard InChI is InChI=1S/C33H46B2F2N2O6/c1-30(2)31(3,4)43-34(42-30)22-16-18-24(36)26(20-22)38-28(40)14-12-10-9-11-13-15-29(41)39-27-21-23(17-19-25(27)37)35-44-32(5,6)33(7,8)45-35/h16-21H,9-15H2,1-8H3,(H,38,40)(H,39,41). The lowest BCUT2D eigenvalue weighted by Crippen LogP contribution is -2.41. The summed E-state index contributed by atoms with van der Waals surface area (Å²) in [5.41, 5.74) is -0.659. The van der Waals surface area contributed by atoms with Crippen LogP contribution in [0.5, 0.6) is 0 Å². The van der Waals surface area contributed by atoms with Gasteiger partial charge in [0.25, 0.3) is 0 Å². The molecule has 0 aliphatic carbocycles. The first kappa shape index (κ1) is 35.1. The van der Waals surface area contributed by atoms with Gasteiger partial charge in [-0.2, -0.15) is 0 Å². The number of amides is 2. The van der Waals surface area contributed by atoms with Crippen LogP contribution in [0.2, 0.25) is 0 Å². The average Bonchev–Trinajstić information content (AvgIpc) is 3.29. The molecule has 0 bridgehead atoms. The van der Waals surface area contributed by atoms with Crippen molar-refractivity contribution < 1.29 is 37.0 Å². The molecule has 2 saturated heterocycles. The molecule has 0 radical (unpaired) electrons. The summed E-state index contributed by atoms with van der Waals surface area (Å²) in [6.45, 7) is 15.5. The fraction of sp³-hybridized carbons (Fsp3) is 0.576. The average molecular weight is 626 g/mol. The first-order valence-electron chi connectivity index (χ1n) is 15.8. The third-order valence-electron chi connectivity index (χ3n) is 9.39. The minimum absolute atomic E-state index is 0.0937. The number of halogens is 2. The van der Waals surface area contributed by atoms with Crippen molar-refractivity contribution in [2.75, 3.05) is 10.6 Å². The minimum atomic E-state index is -0.654. The van der Waals surface area contributed by atoms with E-state index < -0.39 is 48.3 Å². The second-order valence-electron chi connectivity index (χ2n) is 14.0. The molecule has 0 saturated carbocycles. The summed E-state index contributed by atoms with van der Waals surface area (Å²) < 4.78 is 53.1. The van der Waals surface area contributed by atoms with Crippen molar-refractivity contribution in [3.8, 4) is 0 Å². The Kier molecular flexibility index (Phi) is 10.5. The van der Waals surface area contributed by atoms with Gasteiger partial charge in [-0.1, -0.05) is 31.4 Å². The molecule has 2 heterocycles. The predicted octanol–water partition coefficient (Wildman–Crippen LogP) is 5.87. The summed E-state index contributed by atoms with van der Waals surface area (Å²) >= 11 is 0. The molecule has 0 atom stereocenters. The fourth-order valence-electron chi connectivity index (χ4n) is 5.06. The largest absolute Gasteiger partial charge is 0.494 e. The van der Waals surface area contributed by atoms with Gasteiger partial charge in [0.1, 0.15) is 11.6 Å². The molecule has 2 amide bonds. The molecule has 0 spiro atoms. The summed E-state index contributed by atoms with van der Waals surface area (Å²) in [7, 11) is -1.31. The zero-order valence-corrected chi connectivity index (χ0v) is 27.8. The minimum Gasteiger partial charge on any atom is -0.399 e. The molecule has 2 aliphatic rings. The zero-order valence-electron chi connectivity index (χ0n) is 27.8. The van der Waals surface area contributed by atoms with Gasteiger partial charge in [-0.15, -0.1) is 0 Å². The van der Waals surface area contributed by atoms with E-state index >= 15 is 0 Å². The lowest BCUT2D eigenvalue weighted by Gasteiger charge is -2.32. The molecule has 0 unspecified atom stereocenters. The van der Waals surface area contributed by atoms with Gasteiger partial charge in [0.2, 0.25) is 11.8 Å². The molecule has 2 N–H and O–H groups in total. The van der Waals surface area contributed by atoms with Crippen LogP contribution < -0.4 is 21.6 Å². The van der Waals surface area contributed by atoms with Gasteiger partial charge in [0.15, 0.2) is 0 Å². The first-order chi connectivity index (χ1) is 20.9. The Hall–Kier alpha value is -2.79. The molecular weight excluding hydrogens is 580 g/mol. The monoisotopic (exact) mass is 626 g/mol. The van der Waals surface area contributed by atoms with Crippen molar-refractivity contribution in [3.05, 3.63) is 48.0 Å². The van der Waals surface area contributed by atoms with E-state index in [4.69, 9.17) is 18.6 Å². The van der Waals surface area contributed by atoms with Gasteiger partial charge in [-0.05, 0) is 103 Å². The molecule has 2 aromatic carbocycles. The summed E-state index contributed by atoms with van der Waals surface area (Å²) in [6.07, 6.45) is 4.17. The van der Waals surface area contributed by atoms with Gasteiger partial charge >= 0.3 is 14.2 Å². The van der Waals surface area contributed by atoms with E-state index in [1.807, 2.05) is 55.4 Å². The molecule has 244 valence electrons. The molecule has 12 heteroatoms. The highest BCUT2D eigenvalue weighted by Crippen LogP contribution is 2.37. The lowest BCUT2D eigenvalue weighted by atomic mass is 9.79. The molecule has 45 heavy (non-hydrogen) atoms. The maximum Gasteiger partial charge on any atom is 0.494 e. The van der Waals surface area contributed by atoms with Crippen LogP contribution >= 0.6 is 0 Å². The third-order valence-corrected chi connectivity index (χ3v) is 9.39. The fourth-order valence-corrected chi connectivity index (χ4v) is 5.06. The number of nitrogens with one attached hydrogen (secondary N) is 2. The Balaban J connectivity index is 1.15. The highest BCUT2D eigenvalue weighted by molar-refractivity contribution is 6.62. The number of rotatable bonds is 12. The molecule has 0 aromatic heterocycles. The Morgan fingerprint density at radius 2 is 0.889 bits per heavy atom.